The van der Waals surface area contributed by atoms with E-state index >= 15 is 0 Å². The molecule has 10 nitrogen and oxygen atoms in total. The van der Waals surface area contributed by atoms with Crippen molar-refractivity contribution in [1.82, 2.24) is 5.16 Å². The highest BCUT2D eigenvalue weighted by molar-refractivity contribution is 5.41. The molecule has 412 valence electrons. The van der Waals surface area contributed by atoms with E-state index < -0.39 is 22.9 Å². The third kappa shape index (κ3) is 6.33. The molecule has 4 spiro atoms. The molecular formula is C63H101NO9. The maximum atomic E-state index is 11.8. The maximum Gasteiger partial charge on any atom is 0.145 e. The second kappa shape index (κ2) is 15.4. The van der Waals surface area contributed by atoms with Crippen LogP contribution in [-0.2, 0) is 21.3 Å². The molecule has 20 atom stereocenters. The van der Waals surface area contributed by atoms with Crippen LogP contribution in [0.25, 0.3) is 0 Å². The van der Waals surface area contributed by atoms with E-state index in [1.54, 1.807) is 0 Å². The number of hydrogen-bond donors (Lipinski definition) is 6. The Bertz CT molecular complexity index is 2430. The molecule has 73 heavy (non-hydrogen) atoms. The highest BCUT2D eigenvalue weighted by Crippen LogP contribution is 2.91. The minimum atomic E-state index is -0.877. The summed E-state index contributed by atoms with van der Waals surface area (Å²) in [5.74, 6) is 4.05. The topological polar surface area (TPSA) is 166 Å². The molecule has 6 unspecified atom stereocenters. The summed E-state index contributed by atoms with van der Waals surface area (Å²) in [5.41, 5.74) is 0.738. The van der Waals surface area contributed by atoms with Gasteiger partial charge in [0.25, 0.3) is 0 Å². The number of aliphatic hydroxyl groups excluding tert-OH is 4. The standard InChI is InChI=1S/C31H47NO4.C31H50O5.CH4/c1-25(2)20-8-9-21-28(6)15-19(33)23(29(7)11-10-22(35-29)26(3,4)34)27(28,5)12-13-30(21)17-31(20,30)14-18-16-32-36-24(18)25;1-25(2)20-8-9-21-28(6)15-19(33)23(29(7)11-10-22(36-29)26(3,4)35)27(28,5)12-13-30(21)17-31(20,30)14-18(16-32)24(25)34;/h16,19-23,33-34H,8-15,17H2,1-7H3;19-23,32-35H,8-17H2,1-7H3;1H4/t2*19-,20?,21?,22+,23?,27+,28-,29-,30-,31+;/m00./s1. The van der Waals surface area contributed by atoms with Gasteiger partial charge in [-0.05, 0) is 230 Å². The average molecular weight is 1020 g/mol. The van der Waals surface area contributed by atoms with Crippen molar-refractivity contribution >= 4 is 0 Å². The van der Waals surface area contributed by atoms with Gasteiger partial charge in [-0.15, -0.1) is 0 Å². The van der Waals surface area contributed by atoms with Crippen molar-refractivity contribution in [3.63, 3.8) is 0 Å². The summed E-state index contributed by atoms with van der Waals surface area (Å²) in [5, 5.41) is 70.4. The van der Waals surface area contributed by atoms with Gasteiger partial charge in [-0.3, -0.25) is 0 Å². The molecule has 0 amide bonds. The first-order chi connectivity index (χ1) is 33.2. The molecule has 2 saturated heterocycles. The van der Waals surface area contributed by atoms with E-state index in [0.717, 1.165) is 82.0 Å². The lowest BCUT2D eigenvalue weighted by atomic mass is 9.42. The SMILES string of the molecule is C.CC1(C)C(O)=C(CO)C[C@]23C[C@]24CC[C@]2(C)C([C@]5(C)CC[C@H](C(C)(C)O)O5)[C@@H](O)C[C@@]2(C)C4CCC13.CC1(C)c2oncc2C[C@]23C[C@]24CC[C@]2(C)C([C@]5(C)CC[C@H](C(C)(C)O)O5)[C@@H](O)C[C@@]2(C)C4CCC13. The van der Waals surface area contributed by atoms with Crippen molar-refractivity contribution in [3.8, 4) is 0 Å². The molecule has 1 aromatic heterocycles. The lowest BCUT2D eigenvalue weighted by Crippen LogP contribution is -2.58. The van der Waals surface area contributed by atoms with Crippen LogP contribution in [0.15, 0.2) is 22.1 Å². The Morgan fingerprint density at radius 2 is 0.986 bits per heavy atom. The van der Waals surface area contributed by atoms with Gasteiger partial charge in [-0.1, -0.05) is 68.0 Å². The molecule has 2 aliphatic heterocycles. The van der Waals surface area contributed by atoms with Gasteiger partial charge in [0.2, 0.25) is 0 Å². The van der Waals surface area contributed by atoms with Crippen molar-refractivity contribution in [2.24, 2.45) is 84.2 Å². The van der Waals surface area contributed by atoms with Gasteiger partial charge < -0.3 is 44.6 Å². The van der Waals surface area contributed by atoms with Crippen molar-refractivity contribution in [3.05, 3.63) is 28.9 Å². The second-order valence-electron chi connectivity index (χ2n) is 31.8. The van der Waals surface area contributed by atoms with Crippen LogP contribution in [0.1, 0.15) is 225 Å². The van der Waals surface area contributed by atoms with Gasteiger partial charge in [0.15, 0.2) is 0 Å². The van der Waals surface area contributed by atoms with Gasteiger partial charge in [0.05, 0.1) is 65.4 Å². The van der Waals surface area contributed by atoms with E-state index in [-0.39, 0.29) is 93.1 Å². The van der Waals surface area contributed by atoms with Gasteiger partial charge >= 0.3 is 0 Å². The highest BCUT2D eigenvalue weighted by atomic mass is 16.5. The van der Waals surface area contributed by atoms with Crippen LogP contribution < -0.4 is 0 Å². The molecule has 10 heteroatoms. The van der Waals surface area contributed by atoms with E-state index in [0.29, 0.717) is 40.3 Å². The lowest BCUT2D eigenvalue weighted by molar-refractivity contribution is -0.190. The van der Waals surface area contributed by atoms with Gasteiger partial charge in [-0.2, -0.15) is 0 Å². The number of hydrogen-bond acceptors (Lipinski definition) is 10. The quantitative estimate of drug-likeness (QED) is 0.167. The van der Waals surface area contributed by atoms with E-state index in [1.165, 1.54) is 50.5 Å². The molecule has 3 heterocycles. The first-order valence-corrected chi connectivity index (χ1v) is 29.3. The molecule has 0 aromatic carbocycles. The highest BCUT2D eigenvalue weighted by Gasteiger charge is 2.85. The normalized spacial score (nSPS) is 54.4. The Hall–Kier alpha value is -1.53. The van der Waals surface area contributed by atoms with E-state index in [9.17, 15) is 30.6 Å². The van der Waals surface area contributed by atoms with Crippen LogP contribution in [0.3, 0.4) is 0 Å². The molecular weight excluding hydrogens is 915 g/mol. The number of ether oxygens (including phenoxy) is 2. The van der Waals surface area contributed by atoms with Crippen LogP contribution in [0.4, 0.5) is 0 Å². The summed E-state index contributed by atoms with van der Waals surface area (Å²) in [6.07, 6.45) is 20.1. The van der Waals surface area contributed by atoms with Crippen molar-refractivity contribution in [2.75, 3.05) is 6.61 Å². The van der Waals surface area contributed by atoms with E-state index in [2.05, 4.69) is 74.4 Å². The summed E-state index contributed by atoms with van der Waals surface area (Å²) >= 11 is 0. The number of aromatic nitrogens is 1. The van der Waals surface area contributed by atoms with Crippen LogP contribution in [-0.4, -0.2) is 89.2 Å². The predicted molar refractivity (Wildman–Crippen MR) is 283 cm³/mol. The van der Waals surface area contributed by atoms with Gasteiger partial charge in [0.1, 0.15) is 5.76 Å². The first-order valence-electron chi connectivity index (χ1n) is 29.3. The largest absolute Gasteiger partial charge is 0.512 e. The minimum absolute atomic E-state index is 0. The van der Waals surface area contributed by atoms with Gasteiger partial charge in [0, 0.05) is 28.2 Å². The van der Waals surface area contributed by atoms with Crippen molar-refractivity contribution in [2.45, 2.75) is 272 Å². The van der Waals surface area contributed by atoms with Crippen LogP contribution in [0, 0.1) is 84.2 Å². The smallest absolute Gasteiger partial charge is 0.145 e. The Balaban J connectivity index is 0.000000155. The average Bonchev–Trinajstić information content (AvgIpc) is 3.55. The fourth-order valence-electron chi connectivity index (χ4n) is 24.4. The zero-order valence-corrected chi connectivity index (χ0v) is 47.1. The summed E-state index contributed by atoms with van der Waals surface area (Å²) < 4.78 is 19.2. The summed E-state index contributed by atoms with van der Waals surface area (Å²) in [6.45, 7) is 31.0. The van der Waals surface area contributed by atoms with Crippen LogP contribution in [0.2, 0.25) is 0 Å². The van der Waals surface area contributed by atoms with E-state index in [1.807, 2.05) is 33.9 Å². The number of nitrogens with zero attached hydrogens (tertiary/aromatic N) is 1. The number of rotatable bonds is 5. The molecule has 0 radical (unpaired) electrons. The Kier molecular flexibility index (Phi) is 11.3. The third-order valence-corrected chi connectivity index (χ3v) is 27.6. The van der Waals surface area contributed by atoms with Crippen LogP contribution >= 0.6 is 0 Å². The first kappa shape index (κ1) is 53.5. The fourth-order valence-corrected chi connectivity index (χ4v) is 24.4. The maximum absolute atomic E-state index is 11.8. The summed E-state index contributed by atoms with van der Waals surface area (Å²) in [6, 6.07) is 0. The molecule has 13 rings (SSSR count). The zero-order valence-electron chi connectivity index (χ0n) is 47.1. The molecule has 10 fully saturated rings. The monoisotopic (exact) mass is 1020 g/mol. The molecule has 8 saturated carbocycles. The van der Waals surface area contributed by atoms with Gasteiger partial charge in [-0.25, -0.2) is 0 Å². The molecule has 12 aliphatic rings. The lowest BCUT2D eigenvalue weighted by Gasteiger charge is -2.63. The fraction of sp³-hybridized carbons (Fsp3) is 0.921. The molecule has 10 aliphatic carbocycles. The number of allylic oxidation sites excluding steroid dienone is 1. The van der Waals surface area contributed by atoms with Crippen molar-refractivity contribution in [1.29, 1.82) is 0 Å². The number of fused-ring (bicyclic) bond motifs is 5. The molecule has 1 aromatic rings. The molecule has 6 N–H and O–H groups in total. The Labute approximate surface area is 440 Å². The Morgan fingerprint density at radius 3 is 1.41 bits per heavy atom. The number of aliphatic hydroxyl groups is 6. The second-order valence-corrected chi connectivity index (χ2v) is 31.8. The van der Waals surface area contributed by atoms with Crippen molar-refractivity contribution < 1.29 is 44.6 Å². The molecule has 0 bridgehead atoms. The predicted octanol–water partition coefficient (Wildman–Crippen LogP) is 12.0. The van der Waals surface area contributed by atoms with E-state index in [4.69, 9.17) is 14.0 Å². The zero-order chi connectivity index (χ0) is 52.1. The van der Waals surface area contributed by atoms with Crippen LogP contribution in [0.5, 0.6) is 0 Å². The third-order valence-electron chi connectivity index (χ3n) is 27.6. The minimum Gasteiger partial charge on any atom is -0.512 e. The summed E-state index contributed by atoms with van der Waals surface area (Å²) in [4.78, 5) is 0. The Morgan fingerprint density at radius 1 is 0.562 bits per heavy atom. The summed E-state index contributed by atoms with van der Waals surface area (Å²) in [7, 11) is 0.